The van der Waals surface area contributed by atoms with Crippen molar-refractivity contribution in [3.8, 4) is 0 Å². The highest BCUT2D eigenvalue weighted by molar-refractivity contribution is 7.47. The molecule has 1 N–H and O–H groups in total. The van der Waals surface area contributed by atoms with Gasteiger partial charge in [0.15, 0.2) is 6.10 Å². The summed E-state index contributed by atoms with van der Waals surface area (Å²) in [6.45, 7) is 4.26. The van der Waals surface area contributed by atoms with Gasteiger partial charge in [-0.15, -0.1) is 0 Å². The van der Waals surface area contributed by atoms with Crippen LogP contribution in [0.1, 0.15) is 271 Å². The van der Waals surface area contributed by atoms with Gasteiger partial charge in [0, 0.05) is 12.8 Å². The maximum Gasteiger partial charge on any atom is 0.472 e. The minimum Gasteiger partial charge on any atom is -0.462 e. The van der Waals surface area contributed by atoms with Crippen LogP contribution < -0.4 is 0 Å². The van der Waals surface area contributed by atoms with Gasteiger partial charge >= 0.3 is 19.8 Å². The standard InChI is InChI=1S/C80H132NO8P/c1-6-8-10-12-14-16-18-20-22-24-26-28-30-32-34-36-37-38-39-40-41-42-43-45-47-49-51-53-55-57-59-61-63-65-67-69-71-73-80(83)89-78(77-88-90(84,85)87-75-74-81(3,4)5)76-86-79(82)72-70-68-66-64-62-60-58-56-54-52-50-48-46-44-35-33-31-29-27-25-23-21-19-17-15-13-11-9-7-2/h8,10,14,16,19-22,25-28,31-34,37-38,40-41,43,45,49,51,55,57,61,63,78H,6-7,9,11-13,15,17-18,23-24,29-30,35-36,39,42,44,46-48,50,52-54,56,58-60,62,64-77H2,1-5H3/p+1/b10-8-,16-14-,21-19-,22-20-,27-25-,28-26-,33-31-,34-32-,38-37-,41-40-,45-43-,51-49-,57-55-,63-61-. The van der Waals surface area contributed by atoms with E-state index in [2.05, 4.69) is 184 Å². The molecule has 9 nitrogen and oxygen atoms in total. The van der Waals surface area contributed by atoms with Crippen LogP contribution in [-0.4, -0.2) is 74.9 Å². The number of hydrogen-bond acceptors (Lipinski definition) is 7. The number of quaternary nitrogens is 1. The van der Waals surface area contributed by atoms with Crippen molar-refractivity contribution in [3.63, 3.8) is 0 Å². The molecule has 2 atom stereocenters. The minimum atomic E-state index is -4.42. The van der Waals surface area contributed by atoms with E-state index in [9.17, 15) is 19.0 Å². The summed E-state index contributed by atoms with van der Waals surface area (Å²) in [4.78, 5) is 35.9. The highest BCUT2D eigenvalue weighted by atomic mass is 31.2. The Morgan fingerprint density at radius 2 is 0.633 bits per heavy atom. The molecule has 0 fully saturated rings. The number of carbonyl (C=O) groups excluding carboxylic acids is 2. The quantitative estimate of drug-likeness (QED) is 0.0211. The van der Waals surface area contributed by atoms with Crippen LogP contribution in [0.25, 0.3) is 0 Å². The Kier molecular flexibility index (Phi) is 65.2. The number of hydrogen-bond donors (Lipinski definition) is 1. The molecule has 0 aliphatic heterocycles. The number of likely N-dealkylation sites (N-methyl/N-ethyl adjacent to an activating group) is 1. The van der Waals surface area contributed by atoms with Crippen molar-refractivity contribution in [2.45, 2.75) is 277 Å². The molecule has 510 valence electrons. The highest BCUT2D eigenvalue weighted by Gasteiger charge is 2.27. The molecule has 0 aromatic carbocycles. The fourth-order valence-electron chi connectivity index (χ4n) is 9.26. The SMILES string of the molecule is CC/C=C\C/C=C\C/C=C\C/C=C\C/C=C\C/C=C\C/C=C\C/C=C\C/C=C\C/C=C\C/C=C\CCCCCC(=O)OC(COC(=O)CCCCCCCCCCCCCCCC/C=C\C/C=C\C/C=C\CCCCCCC)COP(=O)(O)OCC[N+](C)(C)C. The second kappa shape index (κ2) is 68.7. The monoisotopic (exact) mass is 1270 g/mol. The van der Waals surface area contributed by atoms with Gasteiger partial charge in [0.1, 0.15) is 19.8 Å². The van der Waals surface area contributed by atoms with E-state index in [1.54, 1.807) is 0 Å². The Bertz CT molecular complexity index is 2130. The van der Waals surface area contributed by atoms with Crippen LogP contribution in [0, 0.1) is 0 Å². The molecule has 0 rings (SSSR count). The van der Waals surface area contributed by atoms with Gasteiger partial charge in [-0.25, -0.2) is 4.57 Å². The Labute approximate surface area is 553 Å². The van der Waals surface area contributed by atoms with Gasteiger partial charge in [-0.1, -0.05) is 293 Å². The van der Waals surface area contributed by atoms with Gasteiger partial charge in [0.05, 0.1) is 27.7 Å². The topological polar surface area (TPSA) is 108 Å². The lowest BCUT2D eigenvalue weighted by atomic mass is 10.0. The zero-order valence-corrected chi connectivity index (χ0v) is 58.9. The summed E-state index contributed by atoms with van der Waals surface area (Å²) >= 11 is 0. The second-order valence-electron chi connectivity index (χ2n) is 24.5. The summed E-state index contributed by atoms with van der Waals surface area (Å²) in [7, 11) is 1.43. The van der Waals surface area contributed by atoms with Crippen molar-refractivity contribution in [1.29, 1.82) is 0 Å². The second-order valence-corrected chi connectivity index (χ2v) is 26.0. The van der Waals surface area contributed by atoms with Crippen molar-refractivity contribution in [2.75, 3.05) is 47.5 Å². The number of ether oxygens (including phenoxy) is 2. The molecular formula is C80H133NO8P+. The van der Waals surface area contributed by atoms with Crippen LogP contribution in [-0.2, 0) is 32.7 Å². The normalized spacial score (nSPS) is 14.2. The van der Waals surface area contributed by atoms with Gasteiger partial charge in [0.25, 0.3) is 0 Å². The third-order valence-electron chi connectivity index (χ3n) is 14.7. The summed E-state index contributed by atoms with van der Waals surface area (Å²) in [6.07, 6.45) is 105. The molecule has 0 spiro atoms. The molecular weight excluding hydrogens is 1130 g/mol. The van der Waals surface area contributed by atoms with Crippen LogP contribution in [0.4, 0.5) is 0 Å². The molecule has 0 radical (unpaired) electrons. The van der Waals surface area contributed by atoms with Crippen LogP contribution in [0.5, 0.6) is 0 Å². The first-order valence-electron chi connectivity index (χ1n) is 35.9. The molecule has 0 aromatic heterocycles. The van der Waals surface area contributed by atoms with Crippen molar-refractivity contribution >= 4 is 19.8 Å². The Morgan fingerprint density at radius 3 is 0.956 bits per heavy atom. The van der Waals surface area contributed by atoms with Gasteiger partial charge in [0.2, 0.25) is 0 Å². The van der Waals surface area contributed by atoms with E-state index in [1.807, 2.05) is 21.1 Å². The average Bonchev–Trinajstić information content (AvgIpc) is 3.58. The third-order valence-corrected chi connectivity index (χ3v) is 15.7. The predicted molar refractivity (Wildman–Crippen MR) is 389 cm³/mol. The summed E-state index contributed by atoms with van der Waals surface area (Å²) < 4.78 is 34.7. The molecule has 0 aliphatic carbocycles. The van der Waals surface area contributed by atoms with E-state index in [4.69, 9.17) is 18.5 Å². The largest absolute Gasteiger partial charge is 0.472 e. The number of carbonyl (C=O) groups is 2. The summed E-state index contributed by atoms with van der Waals surface area (Å²) in [5, 5.41) is 0. The number of allylic oxidation sites excluding steroid dienone is 28. The molecule has 0 saturated carbocycles. The average molecular weight is 1270 g/mol. The van der Waals surface area contributed by atoms with Crippen molar-refractivity contribution in [2.24, 2.45) is 0 Å². The zero-order valence-electron chi connectivity index (χ0n) is 58.1. The van der Waals surface area contributed by atoms with E-state index in [1.165, 1.54) is 116 Å². The number of nitrogens with zero attached hydrogens (tertiary/aromatic N) is 1. The zero-order chi connectivity index (χ0) is 65.5. The van der Waals surface area contributed by atoms with Crippen LogP contribution in [0.3, 0.4) is 0 Å². The number of esters is 2. The molecule has 0 amide bonds. The number of phosphoric ester groups is 1. The first-order chi connectivity index (χ1) is 44.0. The lowest BCUT2D eigenvalue weighted by Gasteiger charge is -2.24. The number of unbranched alkanes of at least 4 members (excludes halogenated alkanes) is 22. The van der Waals surface area contributed by atoms with Crippen molar-refractivity contribution in [3.05, 3.63) is 170 Å². The Hall–Kier alpha value is -4.63. The van der Waals surface area contributed by atoms with Crippen LogP contribution >= 0.6 is 7.82 Å². The fourth-order valence-corrected chi connectivity index (χ4v) is 10.0. The first-order valence-corrected chi connectivity index (χ1v) is 37.4. The first kappa shape index (κ1) is 85.4. The van der Waals surface area contributed by atoms with Gasteiger partial charge in [-0.05, 0) is 135 Å². The summed E-state index contributed by atoms with van der Waals surface area (Å²) in [5.74, 6) is -0.844. The van der Waals surface area contributed by atoms with Gasteiger partial charge < -0.3 is 18.9 Å². The smallest absolute Gasteiger partial charge is 0.462 e. The van der Waals surface area contributed by atoms with E-state index in [-0.39, 0.29) is 32.0 Å². The lowest BCUT2D eigenvalue weighted by Crippen LogP contribution is -2.37. The summed E-state index contributed by atoms with van der Waals surface area (Å²) in [6, 6.07) is 0. The van der Waals surface area contributed by atoms with E-state index >= 15 is 0 Å². The molecule has 0 aliphatic rings. The van der Waals surface area contributed by atoms with Gasteiger partial charge in [-0.2, -0.15) is 0 Å². The third kappa shape index (κ3) is 72.4. The van der Waals surface area contributed by atoms with Crippen molar-refractivity contribution in [1.82, 2.24) is 0 Å². The van der Waals surface area contributed by atoms with Crippen molar-refractivity contribution < 1.29 is 42.1 Å². The van der Waals surface area contributed by atoms with Crippen LogP contribution in [0.2, 0.25) is 0 Å². The fraction of sp³-hybridized carbons (Fsp3) is 0.625. The number of rotatable bonds is 64. The maximum absolute atomic E-state index is 12.9. The minimum absolute atomic E-state index is 0.0160. The van der Waals surface area contributed by atoms with E-state index < -0.39 is 26.5 Å². The van der Waals surface area contributed by atoms with Crippen LogP contribution in [0.15, 0.2) is 170 Å². The molecule has 0 aromatic rings. The predicted octanol–water partition coefficient (Wildman–Crippen LogP) is 23.7. The molecule has 90 heavy (non-hydrogen) atoms. The molecule has 0 heterocycles. The molecule has 2 unspecified atom stereocenters. The molecule has 0 saturated heterocycles. The summed E-state index contributed by atoms with van der Waals surface area (Å²) in [5.41, 5.74) is 0. The maximum atomic E-state index is 12.9. The lowest BCUT2D eigenvalue weighted by molar-refractivity contribution is -0.870. The number of phosphoric acid groups is 1. The Balaban J connectivity index is 4.19. The molecule has 0 bridgehead atoms. The molecule has 10 heteroatoms. The van der Waals surface area contributed by atoms with E-state index in [0.717, 1.165) is 122 Å². The Morgan fingerprint density at radius 1 is 0.356 bits per heavy atom. The van der Waals surface area contributed by atoms with E-state index in [0.29, 0.717) is 17.4 Å². The van der Waals surface area contributed by atoms with Gasteiger partial charge in [-0.3, -0.25) is 18.6 Å². The highest BCUT2D eigenvalue weighted by Crippen LogP contribution is 2.43.